The molecule has 1 rings (SSSR count). The number of ether oxygens (including phenoxy) is 1. The standard InChI is InChI=1S/C9H12N2O2/c1-3-9(12)13-6-8(2)11-5-4-10-7-11/h3-5,7-8H,1,6H2,2H3. The SMILES string of the molecule is C=CC(=O)OCC(C)n1ccnc1. The minimum atomic E-state index is -0.396. The van der Waals surface area contributed by atoms with E-state index in [-0.39, 0.29) is 6.04 Å². The molecule has 70 valence electrons. The lowest BCUT2D eigenvalue weighted by atomic mass is 10.3. The molecule has 13 heavy (non-hydrogen) atoms. The summed E-state index contributed by atoms with van der Waals surface area (Å²) in [5.41, 5.74) is 0. The Hall–Kier alpha value is -1.58. The zero-order chi connectivity index (χ0) is 9.68. The minimum Gasteiger partial charge on any atom is -0.460 e. The second kappa shape index (κ2) is 4.45. The third-order valence-corrected chi connectivity index (χ3v) is 1.67. The Bertz CT molecular complexity index is 280. The molecule has 0 aliphatic carbocycles. The average Bonchev–Trinajstić information content (AvgIpc) is 2.66. The van der Waals surface area contributed by atoms with Crippen molar-refractivity contribution in [1.82, 2.24) is 9.55 Å². The number of carbonyl (C=O) groups excluding carboxylic acids is 1. The molecule has 0 saturated heterocycles. The fourth-order valence-electron chi connectivity index (χ4n) is 0.878. The van der Waals surface area contributed by atoms with Crippen molar-refractivity contribution in [3.8, 4) is 0 Å². The Morgan fingerprint density at radius 2 is 2.62 bits per heavy atom. The Balaban J connectivity index is 2.38. The van der Waals surface area contributed by atoms with E-state index < -0.39 is 5.97 Å². The zero-order valence-electron chi connectivity index (χ0n) is 7.51. The van der Waals surface area contributed by atoms with E-state index in [0.29, 0.717) is 6.61 Å². The van der Waals surface area contributed by atoms with Crippen molar-refractivity contribution >= 4 is 5.97 Å². The summed E-state index contributed by atoms with van der Waals surface area (Å²) in [4.78, 5) is 14.6. The number of hydrogen-bond donors (Lipinski definition) is 0. The fraction of sp³-hybridized carbons (Fsp3) is 0.333. The van der Waals surface area contributed by atoms with E-state index in [1.165, 1.54) is 0 Å². The average molecular weight is 180 g/mol. The van der Waals surface area contributed by atoms with Crippen LogP contribution in [0.4, 0.5) is 0 Å². The van der Waals surface area contributed by atoms with Crippen molar-refractivity contribution in [1.29, 1.82) is 0 Å². The molecular weight excluding hydrogens is 168 g/mol. The number of aromatic nitrogens is 2. The molecule has 0 spiro atoms. The van der Waals surface area contributed by atoms with Gasteiger partial charge >= 0.3 is 5.97 Å². The molecule has 0 fully saturated rings. The molecule has 4 nitrogen and oxygen atoms in total. The Kier molecular flexibility index (Phi) is 3.25. The van der Waals surface area contributed by atoms with E-state index >= 15 is 0 Å². The first-order valence-corrected chi connectivity index (χ1v) is 4.00. The molecule has 0 bridgehead atoms. The van der Waals surface area contributed by atoms with Gasteiger partial charge in [0.1, 0.15) is 6.61 Å². The molecule has 0 radical (unpaired) electrons. The van der Waals surface area contributed by atoms with Crippen LogP contribution in [0.2, 0.25) is 0 Å². The van der Waals surface area contributed by atoms with Crippen molar-refractivity contribution in [2.24, 2.45) is 0 Å². The molecule has 1 aromatic rings. The van der Waals surface area contributed by atoms with Crippen LogP contribution in [0.15, 0.2) is 31.4 Å². The summed E-state index contributed by atoms with van der Waals surface area (Å²) in [6, 6.07) is 0.103. The molecule has 0 aliphatic rings. The van der Waals surface area contributed by atoms with Crippen LogP contribution in [0.25, 0.3) is 0 Å². The maximum Gasteiger partial charge on any atom is 0.330 e. The maximum atomic E-state index is 10.7. The second-order valence-electron chi connectivity index (χ2n) is 2.69. The van der Waals surface area contributed by atoms with Gasteiger partial charge in [-0.25, -0.2) is 9.78 Å². The van der Waals surface area contributed by atoms with Crippen molar-refractivity contribution in [3.63, 3.8) is 0 Å². The third kappa shape index (κ3) is 2.74. The number of rotatable bonds is 4. The Labute approximate surface area is 76.8 Å². The number of imidazole rings is 1. The molecule has 4 heteroatoms. The first-order valence-electron chi connectivity index (χ1n) is 4.00. The van der Waals surface area contributed by atoms with Crippen LogP contribution >= 0.6 is 0 Å². The molecule has 0 aliphatic heterocycles. The van der Waals surface area contributed by atoms with E-state index in [0.717, 1.165) is 6.08 Å². The normalized spacial score (nSPS) is 12.1. The molecule has 1 unspecified atom stereocenters. The van der Waals surface area contributed by atoms with Crippen molar-refractivity contribution in [3.05, 3.63) is 31.4 Å². The van der Waals surface area contributed by atoms with Gasteiger partial charge in [-0.05, 0) is 6.92 Å². The van der Waals surface area contributed by atoms with Gasteiger partial charge in [-0.2, -0.15) is 0 Å². The highest BCUT2D eigenvalue weighted by atomic mass is 16.5. The van der Waals surface area contributed by atoms with Gasteiger partial charge in [-0.3, -0.25) is 0 Å². The summed E-state index contributed by atoms with van der Waals surface area (Å²) >= 11 is 0. The molecule has 1 atom stereocenters. The molecule has 0 aromatic carbocycles. The topological polar surface area (TPSA) is 44.1 Å². The smallest absolute Gasteiger partial charge is 0.330 e. The highest BCUT2D eigenvalue weighted by molar-refractivity contribution is 5.81. The highest BCUT2D eigenvalue weighted by Gasteiger charge is 2.05. The lowest BCUT2D eigenvalue weighted by Gasteiger charge is -2.11. The highest BCUT2D eigenvalue weighted by Crippen LogP contribution is 2.04. The largest absolute Gasteiger partial charge is 0.460 e. The van der Waals surface area contributed by atoms with Gasteiger partial charge in [0, 0.05) is 18.5 Å². The van der Waals surface area contributed by atoms with E-state index in [9.17, 15) is 4.79 Å². The molecule has 1 heterocycles. The van der Waals surface area contributed by atoms with Crippen molar-refractivity contribution in [2.75, 3.05) is 6.61 Å². The van der Waals surface area contributed by atoms with Gasteiger partial charge in [0.2, 0.25) is 0 Å². The van der Waals surface area contributed by atoms with Gasteiger partial charge in [-0.15, -0.1) is 0 Å². The number of esters is 1. The first kappa shape index (κ1) is 9.51. The number of carbonyl (C=O) groups is 1. The number of hydrogen-bond acceptors (Lipinski definition) is 3. The van der Waals surface area contributed by atoms with Crippen LogP contribution < -0.4 is 0 Å². The number of nitrogens with zero attached hydrogens (tertiary/aromatic N) is 2. The quantitative estimate of drug-likeness (QED) is 0.516. The lowest BCUT2D eigenvalue weighted by molar-refractivity contribution is -0.138. The molecule has 0 amide bonds. The van der Waals surface area contributed by atoms with Gasteiger partial charge in [0.05, 0.1) is 12.4 Å². The Morgan fingerprint density at radius 3 is 3.15 bits per heavy atom. The summed E-state index contributed by atoms with van der Waals surface area (Å²) < 4.78 is 6.74. The fourth-order valence-corrected chi connectivity index (χ4v) is 0.878. The van der Waals surface area contributed by atoms with Crippen LogP contribution in [0, 0.1) is 0 Å². The zero-order valence-corrected chi connectivity index (χ0v) is 7.51. The van der Waals surface area contributed by atoms with Gasteiger partial charge in [0.25, 0.3) is 0 Å². The van der Waals surface area contributed by atoms with Gasteiger partial charge in [-0.1, -0.05) is 6.58 Å². The van der Waals surface area contributed by atoms with Crippen molar-refractivity contribution in [2.45, 2.75) is 13.0 Å². The lowest BCUT2D eigenvalue weighted by Crippen LogP contribution is -2.13. The monoisotopic (exact) mass is 180 g/mol. The van der Waals surface area contributed by atoms with Crippen LogP contribution in [0.1, 0.15) is 13.0 Å². The Morgan fingerprint density at radius 1 is 1.85 bits per heavy atom. The summed E-state index contributed by atoms with van der Waals surface area (Å²) in [7, 11) is 0. The van der Waals surface area contributed by atoms with E-state index in [1.54, 1.807) is 12.5 Å². The maximum absolute atomic E-state index is 10.7. The van der Waals surface area contributed by atoms with Gasteiger partial charge in [0.15, 0.2) is 0 Å². The van der Waals surface area contributed by atoms with Crippen LogP contribution in [-0.2, 0) is 9.53 Å². The van der Waals surface area contributed by atoms with Gasteiger partial charge < -0.3 is 9.30 Å². The summed E-state index contributed by atoms with van der Waals surface area (Å²) in [6.07, 6.45) is 6.35. The molecular formula is C9H12N2O2. The predicted molar refractivity (Wildman–Crippen MR) is 48.1 cm³/mol. The van der Waals surface area contributed by atoms with Crippen LogP contribution in [0.3, 0.4) is 0 Å². The molecule has 0 N–H and O–H groups in total. The summed E-state index contributed by atoms with van der Waals surface area (Å²) in [6.45, 7) is 5.58. The summed E-state index contributed by atoms with van der Waals surface area (Å²) in [5.74, 6) is -0.396. The van der Waals surface area contributed by atoms with E-state index in [2.05, 4.69) is 11.6 Å². The third-order valence-electron chi connectivity index (χ3n) is 1.67. The van der Waals surface area contributed by atoms with Crippen molar-refractivity contribution < 1.29 is 9.53 Å². The summed E-state index contributed by atoms with van der Waals surface area (Å²) in [5, 5.41) is 0. The molecule has 0 saturated carbocycles. The second-order valence-corrected chi connectivity index (χ2v) is 2.69. The molecule has 1 aromatic heterocycles. The minimum absolute atomic E-state index is 0.103. The van der Waals surface area contributed by atoms with E-state index in [4.69, 9.17) is 4.74 Å². The predicted octanol–water partition coefficient (Wildman–Crippen LogP) is 1.17. The van der Waals surface area contributed by atoms with E-state index in [1.807, 2.05) is 17.7 Å². The van der Waals surface area contributed by atoms with Crippen LogP contribution in [-0.4, -0.2) is 22.1 Å². The van der Waals surface area contributed by atoms with Crippen LogP contribution in [0.5, 0.6) is 0 Å². The first-order chi connectivity index (χ1) is 6.24.